The van der Waals surface area contributed by atoms with Gasteiger partial charge in [-0.2, -0.15) is 0 Å². The molecule has 2 N–H and O–H groups in total. The monoisotopic (exact) mass is 436 g/mol. The van der Waals surface area contributed by atoms with Crippen molar-refractivity contribution in [3.63, 3.8) is 0 Å². The maximum Gasteiger partial charge on any atom is 0.337 e. The highest BCUT2D eigenvalue weighted by molar-refractivity contribution is 6.36. The van der Waals surface area contributed by atoms with Crippen LogP contribution in [0.3, 0.4) is 0 Å². The van der Waals surface area contributed by atoms with E-state index in [1.54, 1.807) is 30.3 Å². The first-order chi connectivity index (χ1) is 13.7. The van der Waals surface area contributed by atoms with Crippen LogP contribution < -0.4 is 10.6 Å². The molecule has 8 heteroatoms. The third-order valence-electron chi connectivity index (χ3n) is 4.25. The fourth-order valence-corrected chi connectivity index (χ4v) is 3.10. The molecule has 2 aromatic rings. The summed E-state index contributed by atoms with van der Waals surface area (Å²) in [5, 5.41) is 6.15. The number of hydrogen-bond donors (Lipinski definition) is 2. The average Bonchev–Trinajstić information content (AvgIpc) is 2.69. The number of hydrogen-bond acceptors (Lipinski definition) is 4. The van der Waals surface area contributed by atoms with Crippen LogP contribution in [0.5, 0.6) is 0 Å². The Morgan fingerprint density at radius 1 is 1.03 bits per heavy atom. The maximum absolute atomic E-state index is 12.6. The van der Waals surface area contributed by atoms with Crippen molar-refractivity contribution in [3.8, 4) is 0 Å². The van der Waals surface area contributed by atoms with Crippen LogP contribution in [-0.2, 0) is 16.1 Å². The molecule has 0 saturated carbocycles. The molecule has 2 rings (SSSR count). The van der Waals surface area contributed by atoms with Crippen LogP contribution >= 0.6 is 23.2 Å². The Balaban J connectivity index is 2.02. The second-order valence-electron chi connectivity index (χ2n) is 6.73. The maximum atomic E-state index is 12.6. The van der Waals surface area contributed by atoms with Gasteiger partial charge < -0.3 is 15.4 Å². The van der Waals surface area contributed by atoms with Gasteiger partial charge in [-0.25, -0.2) is 4.79 Å². The fourth-order valence-electron chi connectivity index (χ4n) is 2.60. The normalized spacial score (nSPS) is 11.7. The summed E-state index contributed by atoms with van der Waals surface area (Å²) in [5.41, 5.74) is 1.48. The molecule has 0 spiro atoms. The summed E-state index contributed by atoms with van der Waals surface area (Å²) < 4.78 is 4.65. The van der Waals surface area contributed by atoms with Crippen molar-refractivity contribution >= 4 is 41.0 Å². The Bertz CT molecular complexity index is 898. The number of methoxy groups -OCH3 is 1. The molecule has 0 bridgehead atoms. The Kier molecular flexibility index (Phi) is 8.05. The standard InChI is InChI=1S/C21H22Cl2N2O4/c1-12(2)18(25-19(26)16-9-8-15(22)10-17(16)23)20(27)24-11-13-4-6-14(7-5-13)21(28)29-3/h4-10,12,18H,11H2,1-3H3,(H,24,27)(H,25,26). The van der Waals surface area contributed by atoms with Gasteiger partial charge in [0, 0.05) is 11.6 Å². The van der Waals surface area contributed by atoms with Gasteiger partial charge in [0.2, 0.25) is 5.91 Å². The lowest BCUT2D eigenvalue weighted by Gasteiger charge is -2.22. The molecule has 1 atom stereocenters. The molecule has 0 saturated heterocycles. The summed E-state index contributed by atoms with van der Waals surface area (Å²) in [5.74, 6) is -1.35. The fraction of sp³-hybridized carbons (Fsp3) is 0.286. The number of carbonyl (C=O) groups is 3. The highest BCUT2D eigenvalue weighted by Crippen LogP contribution is 2.21. The highest BCUT2D eigenvalue weighted by atomic mass is 35.5. The van der Waals surface area contributed by atoms with Gasteiger partial charge in [-0.1, -0.05) is 49.2 Å². The van der Waals surface area contributed by atoms with Crippen molar-refractivity contribution in [1.82, 2.24) is 10.6 Å². The summed E-state index contributed by atoms with van der Waals surface area (Å²) in [7, 11) is 1.31. The van der Waals surface area contributed by atoms with Crippen molar-refractivity contribution in [1.29, 1.82) is 0 Å². The molecule has 1 unspecified atom stereocenters. The summed E-state index contributed by atoms with van der Waals surface area (Å²) in [6, 6.07) is 10.5. The Morgan fingerprint density at radius 3 is 2.24 bits per heavy atom. The quantitative estimate of drug-likeness (QED) is 0.645. The first-order valence-corrected chi connectivity index (χ1v) is 9.69. The van der Waals surface area contributed by atoms with E-state index in [0.29, 0.717) is 10.6 Å². The third kappa shape index (κ3) is 6.21. The van der Waals surface area contributed by atoms with Crippen molar-refractivity contribution in [3.05, 3.63) is 69.2 Å². The second kappa shape index (κ2) is 10.3. The van der Waals surface area contributed by atoms with Crippen LogP contribution in [0, 0.1) is 5.92 Å². The molecular formula is C21H22Cl2N2O4. The zero-order valence-corrected chi connectivity index (χ0v) is 17.8. The average molecular weight is 437 g/mol. The van der Waals surface area contributed by atoms with Gasteiger partial charge >= 0.3 is 5.97 Å². The number of benzene rings is 2. The van der Waals surface area contributed by atoms with E-state index >= 15 is 0 Å². The van der Waals surface area contributed by atoms with Crippen LogP contribution in [-0.4, -0.2) is 30.9 Å². The predicted octanol–water partition coefficient (Wildman–Crippen LogP) is 3.85. The molecule has 0 fully saturated rings. The van der Waals surface area contributed by atoms with Gasteiger partial charge in [-0.3, -0.25) is 9.59 Å². The van der Waals surface area contributed by atoms with Gasteiger partial charge in [-0.15, -0.1) is 0 Å². The zero-order valence-electron chi connectivity index (χ0n) is 16.3. The lowest BCUT2D eigenvalue weighted by molar-refractivity contribution is -0.124. The van der Waals surface area contributed by atoms with Gasteiger partial charge in [0.05, 0.1) is 23.3 Å². The summed E-state index contributed by atoms with van der Waals surface area (Å²) in [6.45, 7) is 3.92. The van der Waals surface area contributed by atoms with E-state index in [2.05, 4.69) is 15.4 Å². The topological polar surface area (TPSA) is 84.5 Å². The van der Waals surface area contributed by atoms with Gasteiger partial charge in [-0.05, 0) is 41.8 Å². The molecule has 2 amide bonds. The molecule has 0 aliphatic rings. The highest BCUT2D eigenvalue weighted by Gasteiger charge is 2.25. The molecule has 6 nitrogen and oxygen atoms in total. The number of amides is 2. The zero-order chi connectivity index (χ0) is 21.6. The van der Waals surface area contributed by atoms with Crippen LogP contribution in [0.1, 0.15) is 40.1 Å². The van der Waals surface area contributed by atoms with E-state index in [0.717, 1.165) is 5.56 Å². The number of nitrogens with one attached hydrogen (secondary N) is 2. The predicted molar refractivity (Wildman–Crippen MR) is 112 cm³/mol. The van der Waals surface area contributed by atoms with E-state index in [-0.39, 0.29) is 29.0 Å². The van der Waals surface area contributed by atoms with E-state index < -0.39 is 17.9 Å². The summed E-state index contributed by atoms with van der Waals surface area (Å²) >= 11 is 11.9. The van der Waals surface area contributed by atoms with Crippen LogP contribution in [0.25, 0.3) is 0 Å². The van der Waals surface area contributed by atoms with E-state index in [4.69, 9.17) is 23.2 Å². The van der Waals surface area contributed by atoms with Crippen molar-refractivity contribution < 1.29 is 19.1 Å². The molecule has 154 valence electrons. The van der Waals surface area contributed by atoms with E-state index in [9.17, 15) is 14.4 Å². The number of ether oxygens (including phenoxy) is 1. The molecule has 0 radical (unpaired) electrons. The van der Waals surface area contributed by atoms with Crippen molar-refractivity contribution in [2.24, 2.45) is 5.92 Å². The molecule has 0 aliphatic carbocycles. The Morgan fingerprint density at radius 2 is 1.69 bits per heavy atom. The molecule has 0 aliphatic heterocycles. The lowest BCUT2D eigenvalue weighted by Crippen LogP contribution is -2.49. The van der Waals surface area contributed by atoms with Gasteiger partial charge in [0.1, 0.15) is 6.04 Å². The summed E-state index contributed by atoms with van der Waals surface area (Å²) in [4.78, 5) is 36.6. The minimum Gasteiger partial charge on any atom is -0.465 e. The van der Waals surface area contributed by atoms with Gasteiger partial charge in [0.15, 0.2) is 0 Å². The second-order valence-corrected chi connectivity index (χ2v) is 7.57. The number of esters is 1. The lowest BCUT2D eigenvalue weighted by atomic mass is 10.0. The van der Waals surface area contributed by atoms with Crippen LogP contribution in [0.15, 0.2) is 42.5 Å². The van der Waals surface area contributed by atoms with Crippen LogP contribution in [0.2, 0.25) is 10.0 Å². The smallest absolute Gasteiger partial charge is 0.337 e. The van der Waals surface area contributed by atoms with Crippen LogP contribution in [0.4, 0.5) is 0 Å². The largest absolute Gasteiger partial charge is 0.465 e. The third-order valence-corrected chi connectivity index (χ3v) is 4.80. The Hall–Kier alpha value is -2.57. The molecule has 0 aromatic heterocycles. The van der Waals surface area contributed by atoms with E-state index in [1.165, 1.54) is 19.2 Å². The number of halogens is 2. The number of carbonyl (C=O) groups excluding carboxylic acids is 3. The van der Waals surface area contributed by atoms with Crippen molar-refractivity contribution in [2.45, 2.75) is 26.4 Å². The number of rotatable bonds is 7. The molecule has 2 aromatic carbocycles. The SMILES string of the molecule is COC(=O)c1ccc(CNC(=O)C(NC(=O)c2ccc(Cl)cc2Cl)C(C)C)cc1. The van der Waals surface area contributed by atoms with E-state index in [1.807, 2.05) is 13.8 Å². The molecule has 29 heavy (non-hydrogen) atoms. The van der Waals surface area contributed by atoms with Crippen molar-refractivity contribution in [2.75, 3.05) is 7.11 Å². The van der Waals surface area contributed by atoms with Gasteiger partial charge in [0.25, 0.3) is 5.91 Å². The Labute approximate surface area is 179 Å². The minimum absolute atomic E-state index is 0.147. The molecule has 0 heterocycles. The first kappa shape index (κ1) is 22.7. The minimum atomic E-state index is -0.747. The summed E-state index contributed by atoms with van der Waals surface area (Å²) in [6.07, 6.45) is 0. The first-order valence-electron chi connectivity index (χ1n) is 8.93. The molecular weight excluding hydrogens is 415 g/mol.